The van der Waals surface area contributed by atoms with Crippen LogP contribution in [0.5, 0.6) is 0 Å². The van der Waals surface area contributed by atoms with E-state index in [1.165, 1.54) is 6.42 Å². The van der Waals surface area contributed by atoms with Crippen LogP contribution in [0.1, 0.15) is 33.6 Å². The van der Waals surface area contributed by atoms with Gasteiger partial charge in [0.1, 0.15) is 0 Å². The summed E-state index contributed by atoms with van der Waals surface area (Å²) in [5.74, 6) is 0. The summed E-state index contributed by atoms with van der Waals surface area (Å²) in [6.45, 7) is 8.15. The van der Waals surface area contributed by atoms with Crippen molar-refractivity contribution in [1.82, 2.24) is 10.2 Å². The molecule has 4 nitrogen and oxygen atoms in total. The Balaban J connectivity index is 2.45. The van der Waals surface area contributed by atoms with E-state index in [0.29, 0.717) is 12.6 Å². The first-order valence-electron chi connectivity index (χ1n) is 5.82. The predicted octanol–water partition coefficient (Wildman–Crippen LogP) is 1.61. The molecule has 1 aliphatic rings. The van der Waals surface area contributed by atoms with Crippen LogP contribution in [0.2, 0.25) is 0 Å². The van der Waals surface area contributed by atoms with Crippen molar-refractivity contribution in [2.75, 3.05) is 19.7 Å². The first kappa shape index (κ1) is 12.3. The van der Waals surface area contributed by atoms with Gasteiger partial charge in [0.05, 0.1) is 6.61 Å². The second-order valence-corrected chi connectivity index (χ2v) is 4.24. The van der Waals surface area contributed by atoms with Crippen molar-refractivity contribution in [1.29, 1.82) is 0 Å². The number of ether oxygens (including phenoxy) is 1. The SMILES string of the molecule is CCOC(=O)N(CC1CCCN1)C(C)C. The minimum absolute atomic E-state index is 0.193. The van der Waals surface area contributed by atoms with Gasteiger partial charge < -0.3 is 15.0 Å². The summed E-state index contributed by atoms with van der Waals surface area (Å²) in [6, 6.07) is 0.642. The van der Waals surface area contributed by atoms with E-state index in [2.05, 4.69) is 5.32 Å². The Morgan fingerprint density at radius 3 is 2.80 bits per heavy atom. The molecule has 0 radical (unpaired) electrons. The lowest BCUT2D eigenvalue weighted by Crippen LogP contribution is -2.45. The number of hydrogen-bond acceptors (Lipinski definition) is 3. The van der Waals surface area contributed by atoms with Crippen LogP contribution < -0.4 is 5.32 Å². The van der Waals surface area contributed by atoms with Gasteiger partial charge >= 0.3 is 6.09 Å². The molecule has 1 heterocycles. The Hall–Kier alpha value is -0.770. The molecule has 0 aromatic heterocycles. The maximum absolute atomic E-state index is 11.6. The smallest absolute Gasteiger partial charge is 0.410 e. The highest BCUT2D eigenvalue weighted by Gasteiger charge is 2.23. The minimum atomic E-state index is -0.193. The van der Waals surface area contributed by atoms with Crippen LogP contribution in [0.15, 0.2) is 0 Å². The average molecular weight is 214 g/mol. The lowest BCUT2D eigenvalue weighted by atomic mass is 10.2. The Morgan fingerprint density at radius 1 is 1.60 bits per heavy atom. The van der Waals surface area contributed by atoms with Crippen molar-refractivity contribution < 1.29 is 9.53 Å². The van der Waals surface area contributed by atoms with Crippen molar-refractivity contribution in [3.8, 4) is 0 Å². The number of carbonyl (C=O) groups is 1. The highest BCUT2D eigenvalue weighted by molar-refractivity contribution is 5.68. The first-order valence-corrected chi connectivity index (χ1v) is 5.82. The molecule has 1 N–H and O–H groups in total. The zero-order chi connectivity index (χ0) is 11.3. The van der Waals surface area contributed by atoms with Gasteiger partial charge in [-0.15, -0.1) is 0 Å². The maximum atomic E-state index is 11.6. The fourth-order valence-electron chi connectivity index (χ4n) is 1.85. The molecular weight excluding hydrogens is 192 g/mol. The lowest BCUT2D eigenvalue weighted by Gasteiger charge is -2.28. The van der Waals surface area contributed by atoms with Crippen molar-refractivity contribution in [3.63, 3.8) is 0 Å². The normalized spacial score (nSPS) is 20.7. The highest BCUT2D eigenvalue weighted by atomic mass is 16.6. The molecule has 0 saturated carbocycles. The van der Waals surface area contributed by atoms with Gasteiger partial charge in [-0.2, -0.15) is 0 Å². The molecule has 0 aliphatic carbocycles. The Morgan fingerprint density at radius 2 is 2.33 bits per heavy atom. The van der Waals surface area contributed by atoms with Crippen LogP contribution >= 0.6 is 0 Å². The molecule has 0 aromatic carbocycles. The van der Waals surface area contributed by atoms with Gasteiger partial charge in [0.2, 0.25) is 0 Å². The van der Waals surface area contributed by atoms with E-state index < -0.39 is 0 Å². The summed E-state index contributed by atoms with van der Waals surface area (Å²) in [7, 11) is 0. The molecule has 1 fully saturated rings. The first-order chi connectivity index (χ1) is 7.15. The fourth-order valence-corrected chi connectivity index (χ4v) is 1.85. The largest absolute Gasteiger partial charge is 0.450 e. The van der Waals surface area contributed by atoms with Crippen molar-refractivity contribution in [3.05, 3.63) is 0 Å². The van der Waals surface area contributed by atoms with Gasteiger partial charge in [0.25, 0.3) is 0 Å². The molecular formula is C11H22N2O2. The molecule has 1 saturated heterocycles. The molecule has 1 unspecified atom stereocenters. The molecule has 1 atom stereocenters. The van der Waals surface area contributed by atoms with Crippen molar-refractivity contribution in [2.45, 2.75) is 45.7 Å². The number of nitrogens with one attached hydrogen (secondary N) is 1. The number of hydrogen-bond donors (Lipinski definition) is 1. The molecule has 15 heavy (non-hydrogen) atoms. The standard InChI is InChI=1S/C11H22N2O2/c1-4-15-11(14)13(9(2)3)8-10-6-5-7-12-10/h9-10,12H,4-8H2,1-3H3. The Labute approximate surface area is 92.0 Å². The number of nitrogens with zero attached hydrogens (tertiary/aromatic N) is 1. The van der Waals surface area contributed by atoms with Gasteiger partial charge in [-0.1, -0.05) is 0 Å². The third kappa shape index (κ3) is 3.70. The third-order valence-electron chi connectivity index (χ3n) is 2.71. The van der Waals surface area contributed by atoms with E-state index in [-0.39, 0.29) is 12.1 Å². The second-order valence-electron chi connectivity index (χ2n) is 4.24. The zero-order valence-electron chi connectivity index (χ0n) is 9.95. The van der Waals surface area contributed by atoms with Crippen LogP contribution in [0.4, 0.5) is 4.79 Å². The molecule has 0 bridgehead atoms. The van der Waals surface area contributed by atoms with E-state index in [0.717, 1.165) is 19.5 Å². The van der Waals surface area contributed by atoms with Gasteiger partial charge in [0.15, 0.2) is 0 Å². The van der Waals surface area contributed by atoms with Gasteiger partial charge in [-0.05, 0) is 40.2 Å². The van der Waals surface area contributed by atoms with E-state index in [4.69, 9.17) is 4.74 Å². The topological polar surface area (TPSA) is 41.6 Å². The fraction of sp³-hybridized carbons (Fsp3) is 0.909. The van der Waals surface area contributed by atoms with E-state index >= 15 is 0 Å². The summed E-state index contributed by atoms with van der Waals surface area (Å²) in [5, 5.41) is 3.39. The molecule has 0 aromatic rings. The molecule has 1 amide bonds. The molecule has 1 aliphatic heterocycles. The Bertz CT molecular complexity index is 201. The summed E-state index contributed by atoms with van der Waals surface area (Å²) >= 11 is 0. The van der Waals surface area contributed by atoms with Crippen molar-refractivity contribution >= 4 is 6.09 Å². The van der Waals surface area contributed by atoms with Crippen LogP contribution in [0, 0.1) is 0 Å². The van der Waals surface area contributed by atoms with Crippen molar-refractivity contribution in [2.24, 2.45) is 0 Å². The van der Waals surface area contributed by atoms with Crippen LogP contribution in [-0.2, 0) is 4.74 Å². The lowest BCUT2D eigenvalue weighted by molar-refractivity contribution is 0.0923. The third-order valence-corrected chi connectivity index (χ3v) is 2.71. The van der Waals surface area contributed by atoms with Crippen LogP contribution in [-0.4, -0.2) is 42.8 Å². The molecule has 1 rings (SSSR count). The number of rotatable bonds is 4. The van der Waals surface area contributed by atoms with E-state index in [9.17, 15) is 4.79 Å². The highest BCUT2D eigenvalue weighted by Crippen LogP contribution is 2.10. The predicted molar refractivity (Wildman–Crippen MR) is 59.9 cm³/mol. The number of carbonyl (C=O) groups excluding carboxylic acids is 1. The Kier molecular flexibility index (Phi) is 4.88. The summed E-state index contributed by atoms with van der Waals surface area (Å²) in [6.07, 6.45) is 2.17. The quantitative estimate of drug-likeness (QED) is 0.773. The zero-order valence-corrected chi connectivity index (χ0v) is 9.95. The molecule has 0 spiro atoms. The summed E-state index contributed by atoms with van der Waals surface area (Å²) in [5.41, 5.74) is 0. The van der Waals surface area contributed by atoms with Crippen LogP contribution in [0.25, 0.3) is 0 Å². The van der Waals surface area contributed by atoms with E-state index in [1.807, 2.05) is 20.8 Å². The molecule has 88 valence electrons. The number of amides is 1. The molecule has 4 heteroatoms. The van der Waals surface area contributed by atoms with Gasteiger partial charge in [-0.25, -0.2) is 4.79 Å². The maximum Gasteiger partial charge on any atom is 0.410 e. The summed E-state index contributed by atoms with van der Waals surface area (Å²) < 4.78 is 5.03. The summed E-state index contributed by atoms with van der Waals surface area (Å²) in [4.78, 5) is 13.4. The van der Waals surface area contributed by atoms with Gasteiger partial charge in [-0.3, -0.25) is 0 Å². The second kappa shape index (κ2) is 5.95. The monoisotopic (exact) mass is 214 g/mol. The van der Waals surface area contributed by atoms with Crippen LogP contribution in [0.3, 0.4) is 0 Å². The van der Waals surface area contributed by atoms with Gasteiger partial charge in [0, 0.05) is 18.6 Å². The minimum Gasteiger partial charge on any atom is -0.450 e. The van der Waals surface area contributed by atoms with E-state index in [1.54, 1.807) is 4.90 Å². The average Bonchev–Trinajstić information content (AvgIpc) is 2.66.